The van der Waals surface area contributed by atoms with Gasteiger partial charge in [0, 0.05) is 12.0 Å². The van der Waals surface area contributed by atoms with Crippen LogP contribution in [0.5, 0.6) is 0 Å². The largest absolute Gasteiger partial charge is 0.276 e. The number of carbonyl (C=O) groups excluding carboxylic acids is 1. The predicted molar refractivity (Wildman–Crippen MR) is 58.3 cm³/mol. The van der Waals surface area contributed by atoms with E-state index in [1.165, 1.54) is 16.7 Å². The Balaban J connectivity index is 2.58. The Morgan fingerprint density at radius 3 is 2.64 bits per heavy atom. The van der Waals surface area contributed by atoms with Crippen LogP contribution in [0.1, 0.15) is 23.6 Å². The normalized spacial score (nSPS) is 14.5. The summed E-state index contributed by atoms with van der Waals surface area (Å²) in [6, 6.07) is 6.12. The Kier molecular flexibility index (Phi) is 2.20. The van der Waals surface area contributed by atoms with Gasteiger partial charge < -0.3 is 0 Å². The molecular formula is C12H11ClO. The second-order valence-corrected chi connectivity index (χ2v) is 4.00. The van der Waals surface area contributed by atoms with Crippen molar-refractivity contribution in [3.63, 3.8) is 0 Å². The lowest BCUT2D eigenvalue weighted by molar-refractivity contribution is -0.108. The highest BCUT2D eigenvalue weighted by Gasteiger charge is 2.22. The molecule has 0 spiro atoms. The van der Waals surface area contributed by atoms with Gasteiger partial charge in [-0.3, -0.25) is 4.79 Å². The van der Waals surface area contributed by atoms with Gasteiger partial charge in [-0.15, -0.1) is 0 Å². The SMILES string of the molecule is CC1=C(C(=O)Cl)Cc2c(C)cccc21. The highest BCUT2D eigenvalue weighted by molar-refractivity contribution is 6.68. The zero-order valence-electron chi connectivity index (χ0n) is 8.23. The maximum absolute atomic E-state index is 11.1. The van der Waals surface area contributed by atoms with Gasteiger partial charge >= 0.3 is 0 Å². The summed E-state index contributed by atoms with van der Waals surface area (Å²) in [5, 5.41) is -0.321. The fraction of sp³-hybridized carbons (Fsp3) is 0.250. The fourth-order valence-electron chi connectivity index (χ4n) is 1.98. The summed E-state index contributed by atoms with van der Waals surface area (Å²) in [7, 11) is 0. The lowest BCUT2D eigenvalue weighted by Crippen LogP contribution is -1.94. The fourth-order valence-corrected chi connectivity index (χ4v) is 2.19. The number of hydrogen-bond donors (Lipinski definition) is 0. The van der Waals surface area contributed by atoms with Crippen LogP contribution in [0.3, 0.4) is 0 Å². The summed E-state index contributed by atoms with van der Waals surface area (Å²) in [5.41, 5.74) is 5.43. The van der Waals surface area contributed by atoms with Crippen molar-refractivity contribution in [2.75, 3.05) is 0 Å². The van der Waals surface area contributed by atoms with E-state index in [2.05, 4.69) is 13.0 Å². The van der Waals surface area contributed by atoms with Gasteiger partial charge in [-0.2, -0.15) is 0 Å². The molecule has 0 aliphatic heterocycles. The first kappa shape index (κ1) is 9.47. The molecule has 1 aromatic rings. The second kappa shape index (κ2) is 3.25. The summed E-state index contributed by atoms with van der Waals surface area (Å²) in [6.45, 7) is 4.02. The number of carbonyl (C=O) groups is 1. The molecule has 2 rings (SSSR count). The molecule has 2 heteroatoms. The summed E-state index contributed by atoms with van der Waals surface area (Å²) in [5.74, 6) is 0. The topological polar surface area (TPSA) is 17.1 Å². The molecule has 0 amide bonds. The Hall–Kier alpha value is -1.08. The van der Waals surface area contributed by atoms with Crippen molar-refractivity contribution in [3.8, 4) is 0 Å². The molecule has 0 saturated heterocycles. The highest BCUT2D eigenvalue weighted by Crippen LogP contribution is 2.35. The average molecular weight is 207 g/mol. The van der Waals surface area contributed by atoms with Crippen molar-refractivity contribution in [2.24, 2.45) is 0 Å². The number of halogens is 1. The van der Waals surface area contributed by atoms with Gasteiger partial charge in [-0.1, -0.05) is 18.2 Å². The molecule has 0 aromatic heterocycles. The third-order valence-corrected chi connectivity index (χ3v) is 3.09. The van der Waals surface area contributed by atoms with Gasteiger partial charge in [0.05, 0.1) is 0 Å². The molecule has 0 radical (unpaired) electrons. The maximum Gasteiger partial charge on any atom is 0.248 e. The van der Waals surface area contributed by atoms with Gasteiger partial charge in [0.15, 0.2) is 0 Å². The summed E-state index contributed by atoms with van der Waals surface area (Å²) < 4.78 is 0. The van der Waals surface area contributed by atoms with E-state index in [0.717, 1.165) is 11.1 Å². The zero-order chi connectivity index (χ0) is 10.3. The quantitative estimate of drug-likeness (QED) is 0.646. The second-order valence-electron chi connectivity index (χ2n) is 3.66. The molecule has 1 nitrogen and oxygen atoms in total. The van der Waals surface area contributed by atoms with Crippen LogP contribution in [-0.4, -0.2) is 5.24 Å². The minimum atomic E-state index is -0.321. The summed E-state index contributed by atoms with van der Waals surface area (Å²) in [6.07, 6.45) is 0.691. The van der Waals surface area contributed by atoms with Crippen LogP contribution < -0.4 is 0 Å². The number of rotatable bonds is 1. The van der Waals surface area contributed by atoms with Crippen LogP contribution in [0.2, 0.25) is 0 Å². The van der Waals surface area contributed by atoms with Gasteiger partial charge in [-0.25, -0.2) is 0 Å². The van der Waals surface area contributed by atoms with Crippen molar-refractivity contribution in [3.05, 3.63) is 40.5 Å². The van der Waals surface area contributed by atoms with E-state index in [4.69, 9.17) is 11.6 Å². The van der Waals surface area contributed by atoms with Crippen molar-refractivity contribution in [1.29, 1.82) is 0 Å². The Labute approximate surface area is 88.4 Å². The number of hydrogen-bond acceptors (Lipinski definition) is 1. The van der Waals surface area contributed by atoms with Gasteiger partial charge in [0.25, 0.3) is 0 Å². The number of aryl methyl sites for hydroxylation is 1. The molecule has 14 heavy (non-hydrogen) atoms. The van der Waals surface area contributed by atoms with Gasteiger partial charge in [-0.05, 0) is 47.7 Å². The molecule has 0 saturated carbocycles. The maximum atomic E-state index is 11.1. The zero-order valence-corrected chi connectivity index (χ0v) is 8.98. The van der Waals surface area contributed by atoms with Crippen LogP contribution in [0.25, 0.3) is 5.57 Å². The molecule has 72 valence electrons. The van der Waals surface area contributed by atoms with E-state index >= 15 is 0 Å². The molecule has 1 aliphatic carbocycles. The first-order valence-corrected chi connectivity index (χ1v) is 4.97. The molecule has 0 N–H and O–H groups in total. The Morgan fingerprint density at radius 2 is 2.07 bits per heavy atom. The number of fused-ring (bicyclic) bond motifs is 1. The standard InChI is InChI=1S/C12H11ClO/c1-7-4-3-5-9-8(2)11(12(13)14)6-10(7)9/h3-5H,6H2,1-2H3. The van der Waals surface area contributed by atoms with Crippen LogP contribution >= 0.6 is 11.6 Å². The Bertz CT molecular complexity index is 444. The first-order valence-electron chi connectivity index (χ1n) is 4.59. The van der Waals surface area contributed by atoms with Crippen LogP contribution in [0, 0.1) is 6.92 Å². The lowest BCUT2D eigenvalue weighted by atomic mass is 10.0. The van der Waals surface area contributed by atoms with E-state index in [-0.39, 0.29) is 5.24 Å². The van der Waals surface area contributed by atoms with Crippen molar-refractivity contribution >= 4 is 22.4 Å². The molecule has 1 aromatic carbocycles. The van der Waals surface area contributed by atoms with Crippen molar-refractivity contribution in [1.82, 2.24) is 0 Å². The smallest absolute Gasteiger partial charge is 0.248 e. The monoisotopic (exact) mass is 206 g/mol. The summed E-state index contributed by atoms with van der Waals surface area (Å²) in [4.78, 5) is 11.1. The van der Waals surface area contributed by atoms with E-state index < -0.39 is 0 Å². The summed E-state index contributed by atoms with van der Waals surface area (Å²) >= 11 is 5.52. The predicted octanol–water partition coefficient (Wildman–Crippen LogP) is 3.09. The van der Waals surface area contributed by atoms with E-state index in [1.807, 2.05) is 19.1 Å². The first-order chi connectivity index (χ1) is 6.61. The molecule has 0 bridgehead atoms. The van der Waals surface area contributed by atoms with E-state index in [9.17, 15) is 4.79 Å². The van der Waals surface area contributed by atoms with Gasteiger partial charge in [0.1, 0.15) is 0 Å². The van der Waals surface area contributed by atoms with Crippen LogP contribution in [-0.2, 0) is 11.2 Å². The minimum Gasteiger partial charge on any atom is -0.276 e. The highest BCUT2D eigenvalue weighted by atomic mass is 35.5. The minimum absolute atomic E-state index is 0.321. The molecule has 0 unspecified atom stereocenters. The molecule has 1 aliphatic rings. The molecule has 0 heterocycles. The molecule has 0 atom stereocenters. The third-order valence-electron chi connectivity index (χ3n) is 2.86. The number of allylic oxidation sites excluding steroid dienone is 2. The van der Waals surface area contributed by atoms with Gasteiger partial charge in [0.2, 0.25) is 5.24 Å². The lowest BCUT2D eigenvalue weighted by Gasteiger charge is -2.03. The number of benzene rings is 1. The Morgan fingerprint density at radius 1 is 1.36 bits per heavy atom. The average Bonchev–Trinajstić information content (AvgIpc) is 2.46. The van der Waals surface area contributed by atoms with Crippen LogP contribution in [0.4, 0.5) is 0 Å². The van der Waals surface area contributed by atoms with E-state index in [0.29, 0.717) is 6.42 Å². The molecular weight excluding hydrogens is 196 g/mol. The van der Waals surface area contributed by atoms with Crippen molar-refractivity contribution in [2.45, 2.75) is 20.3 Å². The van der Waals surface area contributed by atoms with E-state index in [1.54, 1.807) is 0 Å². The third kappa shape index (κ3) is 1.28. The van der Waals surface area contributed by atoms with Crippen molar-refractivity contribution < 1.29 is 4.79 Å². The molecule has 0 fully saturated rings. The van der Waals surface area contributed by atoms with Crippen LogP contribution in [0.15, 0.2) is 23.8 Å².